The summed E-state index contributed by atoms with van der Waals surface area (Å²) < 4.78 is 57.4. The normalized spacial score (nSPS) is 13.9. The second kappa shape index (κ2) is 19.4. The van der Waals surface area contributed by atoms with Crippen LogP contribution in [-0.2, 0) is 56.8 Å². The molecule has 3 atom stereocenters. The van der Waals surface area contributed by atoms with E-state index in [1.807, 2.05) is 44.2 Å². The van der Waals surface area contributed by atoms with Crippen LogP contribution < -0.4 is 11.5 Å². The predicted molar refractivity (Wildman–Crippen MR) is 188 cm³/mol. The molecule has 0 saturated carbocycles. The lowest BCUT2D eigenvalue weighted by molar-refractivity contribution is -0.146. The van der Waals surface area contributed by atoms with Crippen molar-refractivity contribution in [3.05, 3.63) is 83.7 Å². The molecule has 0 spiro atoms. The predicted octanol–water partition coefficient (Wildman–Crippen LogP) is 4.80. The molecule has 0 aliphatic heterocycles. The van der Waals surface area contributed by atoms with Gasteiger partial charge in [-0.05, 0) is 48.4 Å². The van der Waals surface area contributed by atoms with Crippen LogP contribution in [0.5, 0.6) is 0 Å². The molecule has 0 saturated heterocycles. The minimum Gasteiger partial charge on any atom is -0.464 e. The minimum atomic E-state index is -3.88. The van der Waals surface area contributed by atoms with Crippen molar-refractivity contribution in [2.24, 2.45) is 11.7 Å². The molecule has 276 valence electrons. The maximum atomic E-state index is 14.6. The molecule has 51 heavy (non-hydrogen) atoms. The standard InChI is InChI=1S/C35H46FN6O8P/c1-24(2)18-28-11-10-27(20-29(28)36)25(3)34(43)48-16-17-50-51(45,23-46-15-12-42-22-41-31-32(38)39-21-40-33(31)42)49-14-7-13-47-35(44)30(37)19-26-8-5-4-6-9-26/h4-6,8-11,20-22,24-25,30H,7,12-19,23,37H2,1-3H3,(H2,38,39,40)/t25?,30-,51?/m1/s1. The zero-order chi connectivity index (χ0) is 36.8. The van der Waals surface area contributed by atoms with Crippen molar-refractivity contribution < 1.29 is 41.8 Å². The Morgan fingerprint density at radius 1 is 0.902 bits per heavy atom. The number of carbonyl (C=O) groups excluding carboxylic acids is 2. The van der Waals surface area contributed by atoms with E-state index in [-0.39, 0.29) is 57.0 Å². The summed E-state index contributed by atoms with van der Waals surface area (Å²) in [6.07, 6.45) is 3.59. The molecule has 4 aromatic rings. The summed E-state index contributed by atoms with van der Waals surface area (Å²) in [5, 5.41) is 0. The van der Waals surface area contributed by atoms with Gasteiger partial charge >= 0.3 is 19.5 Å². The third kappa shape index (κ3) is 12.2. The van der Waals surface area contributed by atoms with Crippen LogP contribution in [0.2, 0.25) is 0 Å². The molecular formula is C35H46FN6O8P. The van der Waals surface area contributed by atoms with E-state index in [0.29, 0.717) is 41.7 Å². The van der Waals surface area contributed by atoms with Gasteiger partial charge < -0.3 is 39.3 Å². The Bertz CT molecular complexity index is 1780. The van der Waals surface area contributed by atoms with Gasteiger partial charge in [-0.3, -0.25) is 14.2 Å². The fourth-order valence-electron chi connectivity index (χ4n) is 5.03. The number of anilines is 1. The Morgan fingerprint density at radius 2 is 1.65 bits per heavy atom. The highest BCUT2D eigenvalue weighted by atomic mass is 31.2. The van der Waals surface area contributed by atoms with Crippen molar-refractivity contribution >= 4 is 36.5 Å². The molecule has 0 aliphatic rings. The highest BCUT2D eigenvalue weighted by Crippen LogP contribution is 2.48. The quantitative estimate of drug-likeness (QED) is 0.0676. The van der Waals surface area contributed by atoms with Crippen molar-refractivity contribution in [1.82, 2.24) is 19.5 Å². The van der Waals surface area contributed by atoms with Crippen molar-refractivity contribution in [2.75, 3.05) is 45.1 Å². The van der Waals surface area contributed by atoms with E-state index < -0.39 is 37.8 Å². The molecular weight excluding hydrogens is 682 g/mol. The lowest BCUT2D eigenvalue weighted by Gasteiger charge is -2.19. The van der Waals surface area contributed by atoms with E-state index in [4.69, 9.17) is 34.7 Å². The Kier molecular flexibility index (Phi) is 15.0. The van der Waals surface area contributed by atoms with Gasteiger partial charge in [-0.15, -0.1) is 0 Å². The van der Waals surface area contributed by atoms with Crippen molar-refractivity contribution in [1.29, 1.82) is 0 Å². The largest absolute Gasteiger partial charge is 0.464 e. The number of nitrogens with zero attached hydrogens (tertiary/aromatic N) is 4. The second-order valence-electron chi connectivity index (χ2n) is 12.3. The van der Waals surface area contributed by atoms with E-state index >= 15 is 0 Å². The molecule has 4 N–H and O–H groups in total. The van der Waals surface area contributed by atoms with Crippen molar-refractivity contribution in [2.45, 2.75) is 58.5 Å². The van der Waals surface area contributed by atoms with E-state index in [0.717, 1.165) is 5.56 Å². The van der Waals surface area contributed by atoms with Gasteiger partial charge in [0, 0.05) is 13.0 Å². The number of halogens is 1. The Morgan fingerprint density at radius 3 is 2.39 bits per heavy atom. The van der Waals surface area contributed by atoms with Gasteiger partial charge in [0.2, 0.25) is 0 Å². The van der Waals surface area contributed by atoms with Gasteiger partial charge in [0.1, 0.15) is 36.7 Å². The number of esters is 2. The van der Waals surface area contributed by atoms with Crippen LogP contribution >= 0.6 is 7.60 Å². The molecule has 2 heterocycles. The van der Waals surface area contributed by atoms with E-state index in [9.17, 15) is 18.5 Å². The highest BCUT2D eigenvalue weighted by Gasteiger charge is 2.26. The zero-order valence-corrected chi connectivity index (χ0v) is 30.0. The first-order valence-corrected chi connectivity index (χ1v) is 18.5. The molecule has 2 unspecified atom stereocenters. The third-order valence-corrected chi connectivity index (χ3v) is 9.40. The van der Waals surface area contributed by atoms with E-state index in [2.05, 4.69) is 15.0 Å². The molecule has 14 nitrogen and oxygen atoms in total. The summed E-state index contributed by atoms with van der Waals surface area (Å²) in [6.45, 7) is 5.44. The average Bonchev–Trinajstić information content (AvgIpc) is 3.53. The summed E-state index contributed by atoms with van der Waals surface area (Å²) in [5.41, 5.74) is 14.8. The number of fused-ring (bicyclic) bond motifs is 1. The molecule has 0 amide bonds. The fraction of sp³-hybridized carbons (Fsp3) is 0.457. The second-order valence-corrected chi connectivity index (χ2v) is 14.3. The molecule has 2 aromatic carbocycles. The SMILES string of the molecule is CC(C)Cc1ccc(C(C)C(=O)OCCOP(=O)(COCCn2cnc3c(N)ncnc32)OCCCOC(=O)[C@H](N)Cc2ccccc2)cc1F. The lowest BCUT2D eigenvalue weighted by Crippen LogP contribution is -2.34. The summed E-state index contributed by atoms with van der Waals surface area (Å²) in [4.78, 5) is 37.4. The summed E-state index contributed by atoms with van der Waals surface area (Å²) in [5.74, 6) is -1.72. The van der Waals surface area contributed by atoms with Gasteiger partial charge in [0.15, 0.2) is 11.5 Å². The lowest BCUT2D eigenvalue weighted by atomic mass is 9.96. The number of aromatic nitrogens is 4. The number of hydrogen-bond donors (Lipinski definition) is 2. The number of imidazole rings is 1. The van der Waals surface area contributed by atoms with Gasteiger partial charge in [-0.25, -0.2) is 19.3 Å². The maximum Gasteiger partial charge on any atom is 0.356 e. The minimum absolute atomic E-state index is 0.0184. The third-order valence-electron chi connectivity index (χ3n) is 7.75. The number of rotatable bonds is 21. The number of ether oxygens (including phenoxy) is 3. The molecule has 0 aliphatic carbocycles. The number of hydrogen-bond acceptors (Lipinski definition) is 13. The van der Waals surface area contributed by atoms with Crippen LogP contribution in [-0.4, -0.2) is 76.9 Å². The van der Waals surface area contributed by atoms with Gasteiger partial charge in [-0.2, -0.15) is 0 Å². The summed E-state index contributed by atoms with van der Waals surface area (Å²) in [6, 6.07) is 13.3. The Labute approximate surface area is 296 Å². The van der Waals surface area contributed by atoms with Crippen LogP contribution in [0.4, 0.5) is 10.2 Å². The number of nitrogens with two attached hydrogens (primary N) is 2. The molecule has 2 aromatic heterocycles. The first-order chi connectivity index (χ1) is 24.5. The summed E-state index contributed by atoms with van der Waals surface area (Å²) >= 11 is 0. The van der Waals surface area contributed by atoms with Crippen LogP contribution in [0.25, 0.3) is 11.2 Å². The molecule has 0 radical (unpaired) electrons. The maximum absolute atomic E-state index is 14.6. The monoisotopic (exact) mass is 728 g/mol. The molecule has 16 heteroatoms. The van der Waals surface area contributed by atoms with Crippen LogP contribution in [0.15, 0.2) is 61.2 Å². The fourth-order valence-corrected chi connectivity index (χ4v) is 6.36. The number of nitrogen functional groups attached to an aromatic ring is 1. The van der Waals surface area contributed by atoms with E-state index in [1.165, 1.54) is 12.4 Å². The van der Waals surface area contributed by atoms with Crippen molar-refractivity contribution in [3.63, 3.8) is 0 Å². The Balaban J connectivity index is 1.26. The van der Waals surface area contributed by atoms with Gasteiger partial charge in [-0.1, -0.05) is 56.3 Å². The first-order valence-electron chi connectivity index (χ1n) is 16.7. The Hall–Kier alpha value is -4.27. The van der Waals surface area contributed by atoms with Crippen LogP contribution in [0.1, 0.15) is 49.8 Å². The van der Waals surface area contributed by atoms with Gasteiger partial charge in [0.05, 0.1) is 38.7 Å². The van der Waals surface area contributed by atoms with Crippen LogP contribution in [0, 0.1) is 11.7 Å². The average molecular weight is 729 g/mol. The topological polar surface area (TPSA) is 193 Å². The molecule has 0 fully saturated rings. The smallest absolute Gasteiger partial charge is 0.356 e. The van der Waals surface area contributed by atoms with E-state index in [1.54, 1.807) is 30.0 Å². The van der Waals surface area contributed by atoms with Crippen molar-refractivity contribution in [3.8, 4) is 0 Å². The summed E-state index contributed by atoms with van der Waals surface area (Å²) in [7, 11) is -3.88. The van der Waals surface area contributed by atoms with Gasteiger partial charge in [0.25, 0.3) is 0 Å². The van der Waals surface area contributed by atoms with Crippen LogP contribution in [0.3, 0.4) is 0 Å². The number of benzene rings is 2. The first kappa shape index (κ1) is 39.5. The highest BCUT2D eigenvalue weighted by molar-refractivity contribution is 7.53. The zero-order valence-electron chi connectivity index (χ0n) is 29.1. The molecule has 4 rings (SSSR count). The molecule has 0 bridgehead atoms. The number of carbonyl (C=O) groups is 2.